The number of benzene rings is 1. The number of likely N-dealkylation sites (N-methyl/N-ethyl adjacent to an activating group) is 1. The number of hydrogen-bond donors (Lipinski definition) is 0. The molecule has 3 rings (SSSR count). The van der Waals surface area contributed by atoms with Crippen LogP contribution in [-0.4, -0.2) is 56.9 Å². The lowest BCUT2D eigenvalue weighted by Gasteiger charge is -2.45. The summed E-state index contributed by atoms with van der Waals surface area (Å²) in [7, 11) is 0. The summed E-state index contributed by atoms with van der Waals surface area (Å²) in [6.07, 6.45) is 0.456. The first-order valence-corrected chi connectivity index (χ1v) is 9.43. The fraction of sp³-hybridized carbons (Fsp3) is 0.500. The molecule has 1 fully saturated rings. The number of rotatable bonds is 5. The molecule has 1 aromatic carbocycles. The molecular weight excluding hydrogens is 363 g/mol. The van der Waals surface area contributed by atoms with E-state index in [1.807, 2.05) is 6.92 Å². The number of hydrogen-bond acceptors (Lipinski definition) is 5. The first-order valence-electron chi connectivity index (χ1n) is 9.43. The molecule has 1 aliphatic rings. The molecule has 1 saturated heterocycles. The maximum Gasteiger partial charge on any atom is 0.248 e. The van der Waals surface area contributed by atoms with Gasteiger partial charge in [-0.3, -0.25) is 9.59 Å². The molecule has 28 heavy (non-hydrogen) atoms. The first-order chi connectivity index (χ1) is 13.2. The van der Waals surface area contributed by atoms with Gasteiger partial charge < -0.3 is 14.3 Å². The van der Waals surface area contributed by atoms with Gasteiger partial charge in [0.25, 0.3) is 0 Å². The zero-order valence-electron chi connectivity index (χ0n) is 16.7. The highest BCUT2D eigenvalue weighted by Gasteiger charge is 2.43. The molecule has 0 N–H and O–H groups in total. The summed E-state index contributed by atoms with van der Waals surface area (Å²) in [4.78, 5) is 32.9. The van der Waals surface area contributed by atoms with E-state index in [4.69, 9.17) is 4.52 Å². The Labute approximate surface area is 163 Å². The number of amides is 2. The lowest BCUT2D eigenvalue weighted by molar-refractivity contribution is -0.158. The molecule has 1 aliphatic heterocycles. The topological polar surface area (TPSA) is 79.5 Å². The van der Waals surface area contributed by atoms with Crippen molar-refractivity contribution in [2.45, 2.75) is 46.1 Å². The zero-order valence-corrected chi connectivity index (χ0v) is 16.7. The molecule has 2 heterocycles. The number of carbonyl (C=O) groups excluding carboxylic acids is 2. The van der Waals surface area contributed by atoms with Crippen LogP contribution in [0.4, 0.5) is 4.39 Å². The van der Waals surface area contributed by atoms with Crippen molar-refractivity contribution in [3.8, 4) is 11.4 Å². The summed E-state index contributed by atoms with van der Waals surface area (Å²) >= 11 is 0. The number of nitrogens with zero attached hydrogens (tertiary/aromatic N) is 4. The first kappa shape index (κ1) is 20.0. The molecule has 0 radical (unpaired) electrons. The Kier molecular flexibility index (Phi) is 5.49. The van der Waals surface area contributed by atoms with Gasteiger partial charge in [-0.2, -0.15) is 4.98 Å². The van der Waals surface area contributed by atoms with Gasteiger partial charge in [0.15, 0.2) is 0 Å². The van der Waals surface area contributed by atoms with Crippen LogP contribution in [0.1, 0.15) is 38.6 Å². The summed E-state index contributed by atoms with van der Waals surface area (Å²) in [6, 6.07) is 4.60. The molecular formula is C20H25FN4O3. The zero-order chi connectivity index (χ0) is 20.5. The summed E-state index contributed by atoms with van der Waals surface area (Å²) in [6.45, 7) is 8.83. The van der Waals surface area contributed by atoms with Gasteiger partial charge in [0.05, 0.1) is 0 Å². The second-order valence-electron chi connectivity index (χ2n) is 7.46. The smallest absolute Gasteiger partial charge is 0.248 e. The molecule has 0 saturated carbocycles. The Bertz CT molecular complexity index is 893. The average Bonchev–Trinajstić information content (AvgIpc) is 3.13. The summed E-state index contributed by atoms with van der Waals surface area (Å²) < 4.78 is 18.6. The van der Waals surface area contributed by atoms with Crippen molar-refractivity contribution >= 4 is 11.8 Å². The highest BCUT2D eigenvalue weighted by Crippen LogP contribution is 2.24. The third kappa shape index (κ3) is 3.76. The molecule has 2 amide bonds. The Balaban J connectivity index is 1.64. The maximum atomic E-state index is 13.4. The monoisotopic (exact) mass is 388 g/mol. The van der Waals surface area contributed by atoms with E-state index in [2.05, 4.69) is 10.1 Å². The van der Waals surface area contributed by atoms with Gasteiger partial charge in [0.1, 0.15) is 11.4 Å². The second-order valence-corrected chi connectivity index (χ2v) is 7.46. The number of piperazine rings is 1. The average molecular weight is 388 g/mol. The molecule has 7 nitrogen and oxygen atoms in total. The van der Waals surface area contributed by atoms with Crippen molar-refractivity contribution in [2.75, 3.05) is 19.6 Å². The number of aryl methyl sites for hydroxylation is 2. The SMILES string of the molecule is CCN1CCN(C(=O)CCc2nc(-c3ccc(F)c(C)c3)no2)C(C)(C)C1=O. The Morgan fingerprint density at radius 3 is 2.75 bits per heavy atom. The van der Waals surface area contributed by atoms with Crippen molar-refractivity contribution in [3.05, 3.63) is 35.5 Å². The third-order valence-corrected chi connectivity index (χ3v) is 5.20. The number of halogens is 1. The molecule has 1 aromatic heterocycles. The van der Waals surface area contributed by atoms with Crippen molar-refractivity contribution in [3.63, 3.8) is 0 Å². The van der Waals surface area contributed by atoms with Crippen LogP contribution in [-0.2, 0) is 16.0 Å². The van der Waals surface area contributed by atoms with Crippen LogP contribution in [0, 0.1) is 12.7 Å². The fourth-order valence-electron chi connectivity index (χ4n) is 3.45. The van der Waals surface area contributed by atoms with Gasteiger partial charge >= 0.3 is 0 Å². The van der Waals surface area contributed by atoms with Crippen LogP contribution in [0.3, 0.4) is 0 Å². The van der Waals surface area contributed by atoms with Gasteiger partial charge in [0, 0.05) is 38.0 Å². The van der Waals surface area contributed by atoms with Crippen LogP contribution in [0.2, 0.25) is 0 Å². The van der Waals surface area contributed by atoms with Gasteiger partial charge in [-0.05, 0) is 51.5 Å². The van der Waals surface area contributed by atoms with E-state index in [1.165, 1.54) is 6.07 Å². The van der Waals surface area contributed by atoms with Crippen LogP contribution >= 0.6 is 0 Å². The highest BCUT2D eigenvalue weighted by atomic mass is 19.1. The summed E-state index contributed by atoms with van der Waals surface area (Å²) in [5.41, 5.74) is 0.288. The summed E-state index contributed by atoms with van der Waals surface area (Å²) in [5.74, 6) is 0.241. The van der Waals surface area contributed by atoms with E-state index >= 15 is 0 Å². The minimum Gasteiger partial charge on any atom is -0.339 e. The van der Waals surface area contributed by atoms with Crippen molar-refractivity contribution < 1.29 is 18.5 Å². The van der Waals surface area contributed by atoms with E-state index in [1.54, 1.807) is 42.7 Å². The van der Waals surface area contributed by atoms with E-state index in [0.29, 0.717) is 42.5 Å². The van der Waals surface area contributed by atoms with Crippen molar-refractivity contribution in [2.24, 2.45) is 0 Å². The molecule has 2 aromatic rings. The van der Waals surface area contributed by atoms with Gasteiger partial charge in [-0.1, -0.05) is 5.16 Å². The Hall–Kier alpha value is -2.77. The van der Waals surface area contributed by atoms with E-state index < -0.39 is 5.54 Å². The van der Waals surface area contributed by atoms with Gasteiger partial charge in [0.2, 0.25) is 23.5 Å². The van der Waals surface area contributed by atoms with Crippen LogP contribution < -0.4 is 0 Å². The predicted octanol–water partition coefficient (Wildman–Crippen LogP) is 2.59. The molecule has 0 spiro atoms. The number of carbonyl (C=O) groups is 2. The third-order valence-electron chi connectivity index (χ3n) is 5.20. The lowest BCUT2D eigenvalue weighted by Crippen LogP contribution is -2.64. The minimum atomic E-state index is -0.864. The molecule has 0 bridgehead atoms. The standard InChI is InChI=1S/C20H25FN4O3/c1-5-24-10-11-25(20(3,4)19(24)27)17(26)9-8-16-22-18(23-28-16)14-6-7-15(21)13(2)12-14/h6-7,12H,5,8-11H2,1-4H3. The largest absolute Gasteiger partial charge is 0.339 e. The predicted molar refractivity (Wildman–Crippen MR) is 101 cm³/mol. The molecule has 150 valence electrons. The van der Waals surface area contributed by atoms with Crippen LogP contribution in [0.15, 0.2) is 22.7 Å². The molecule has 8 heteroatoms. The quantitative estimate of drug-likeness (QED) is 0.787. The number of aromatic nitrogens is 2. The Morgan fingerprint density at radius 1 is 1.32 bits per heavy atom. The minimum absolute atomic E-state index is 0.0404. The highest BCUT2D eigenvalue weighted by molar-refractivity contribution is 5.92. The van der Waals surface area contributed by atoms with Crippen molar-refractivity contribution in [1.82, 2.24) is 19.9 Å². The van der Waals surface area contributed by atoms with Crippen LogP contribution in [0.25, 0.3) is 11.4 Å². The fourth-order valence-corrected chi connectivity index (χ4v) is 3.45. The van der Waals surface area contributed by atoms with Crippen molar-refractivity contribution in [1.29, 1.82) is 0 Å². The molecule has 0 aliphatic carbocycles. The lowest BCUT2D eigenvalue weighted by atomic mass is 9.96. The normalized spacial score (nSPS) is 16.5. The molecule has 0 atom stereocenters. The van der Waals surface area contributed by atoms with E-state index in [0.717, 1.165) is 0 Å². The van der Waals surface area contributed by atoms with E-state index in [-0.39, 0.29) is 30.5 Å². The Morgan fingerprint density at radius 2 is 2.07 bits per heavy atom. The molecule has 0 unspecified atom stereocenters. The van der Waals surface area contributed by atoms with Gasteiger partial charge in [-0.25, -0.2) is 4.39 Å². The van der Waals surface area contributed by atoms with Crippen LogP contribution in [0.5, 0.6) is 0 Å². The maximum absolute atomic E-state index is 13.4. The van der Waals surface area contributed by atoms with E-state index in [9.17, 15) is 14.0 Å². The summed E-state index contributed by atoms with van der Waals surface area (Å²) in [5, 5.41) is 3.92. The van der Waals surface area contributed by atoms with Gasteiger partial charge in [-0.15, -0.1) is 0 Å². The second kappa shape index (κ2) is 7.69.